The second kappa shape index (κ2) is 17.4. The van der Waals surface area contributed by atoms with Crippen LogP contribution >= 0.6 is 0 Å². The summed E-state index contributed by atoms with van der Waals surface area (Å²) in [7, 11) is 1.56. The number of benzene rings is 2. The molecule has 0 bridgehead atoms. The van der Waals surface area contributed by atoms with Crippen LogP contribution in [0.3, 0.4) is 0 Å². The molecule has 0 aliphatic carbocycles. The van der Waals surface area contributed by atoms with Crippen molar-refractivity contribution in [2.45, 2.75) is 102 Å². The van der Waals surface area contributed by atoms with E-state index in [2.05, 4.69) is 16.0 Å². The van der Waals surface area contributed by atoms with Crippen molar-refractivity contribution in [2.75, 3.05) is 20.2 Å². The molecule has 50 heavy (non-hydrogen) atoms. The lowest BCUT2D eigenvalue weighted by Gasteiger charge is -2.36. The van der Waals surface area contributed by atoms with Crippen LogP contribution in [-0.4, -0.2) is 83.3 Å². The molecule has 5 rings (SSSR count). The van der Waals surface area contributed by atoms with E-state index in [0.717, 1.165) is 29.3 Å². The van der Waals surface area contributed by atoms with Gasteiger partial charge in [0, 0.05) is 30.0 Å². The molecule has 2 aliphatic heterocycles. The van der Waals surface area contributed by atoms with Gasteiger partial charge in [-0.2, -0.15) is 4.73 Å². The number of hydrogen-bond acceptors (Lipinski definition) is 7. The predicted molar refractivity (Wildman–Crippen MR) is 191 cm³/mol. The number of carbonyl (C=O) groups excluding carboxylic acids is 5. The van der Waals surface area contributed by atoms with E-state index < -0.39 is 36.0 Å². The highest BCUT2D eigenvalue weighted by Crippen LogP contribution is 2.24. The minimum Gasteiger partial charge on any atom is -0.417 e. The highest BCUT2D eigenvalue weighted by molar-refractivity contribution is 5.97. The maximum Gasteiger partial charge on any atom is 0.243 e. The van der Waals surface area contributed by atoms with Gasteiger partial charge >= 0.3 is 0 Å². The van der Waals surface area contributed by atoms with Gasteiger partial charge in [0.05, 0.1) is 24.1 Å². The van der Waals surface area contributed by atoms with Gasteiger partial charge in [-0.15, -0.1) is 0 Å². The Balaban J connectivity index is 1.40. The molecule has 3 N–H and O–H groups in total. The second-order valence-electron chi connectivity index (χ2n) is 13.7. The molecule has 0 unspecified atom stereocenters. The number of Topliss-reactive ketones (excluding diaryl/α,β-unsaturated/α-hetero) is 2. The Morgan fingerprint density at radius 1 is 0.880 bits per heavy atom. The molecular formula is C39H51N5O6. The topological polar surface area (TPSA) is 139 Å². The average Bonchev–Trinajstić information content (AvgIpc) is 3.49. The highest BCUT2D eigenvalue weighted by Gasteiger charge is 2.37. The van der Waals surface area contributed by atoms with Gasteiger partial charge in [-0.3, -0.25) is 28.9 Å². The van der Waals surface area contributed by atoms with Crippen molar-refractivity contribution >= 4 is 40.2 Å². The summed E-state index contributed by atoms with van der Waals surface area (Å²) in [5, 5.41) is 9.86. The number of nitrogens with zero attached hydrogens (tertiary/aromatic N) is 2. The Morgan fingerprint density at radius 2 is 1.60 bits per heavy atom. The minimum atomic E-state index is -1.02. The smallest absolute Gasteiger partial charge is 0.243 e. The molecule has 3 heterocycles. The zero-order chi connectivity index (χ0) is 35.6. The van der Waals surface area contributed by atoms with Crippen molar-refractivity contribution in [3.63, 3.8) is 0 Å². The van der Waals surface area contributed by atoms with Crippen molar-refractivity contribution < 1.29 is 28.8 Å². The van der Waals surface area contributed by atoms with Gasteiger partial charge in [0.25, 0.3) is 0 Å². The maximum atomic E-state index is 14.1. The van der Waals surface area contributed by atoms with Crippen LogP contribution in [0.1, 0.15) is 87.6 Å². The fourth-order valence-corrected chi connectivity index (χ4v) is 7.15. The van der Waals surface area contributed by atoms with Crippen molar-refractivity contribution in [3.8, 4) is 0 Å². The summed E-state index contributed by atoms with van der Waals surface area (Å²) in [5.41, 5.74) is 2.29. The Hall–Kier alpha value is -4.51. The first kappa shape index (κ1) is 36.8. The molecule has 268 valence electrons. The van der Waals surface area contributed by atoms with Crippen LogP contribution in [0.25, 0.3) is 10.9 Å². The minimum absolute atomic E-state index is 0.0425. The average molecular weight is 686 g/mol. The third kappa shape index (κ3) is 8.98. The first-order valence-corrected chi connectivity index (χ1v) is 18.1. The van der Waals surface area contributed by atoms with E-state index in [-0.39, 0.29) is 36.4 Å². The number of amides is 3. The molecule has 11 nitrogen and oxygen atoms in total. The van der Waals surface area contributed by atoms with Crippen LogP contribution < -0.4 is 20.8 Å². The van der Waals surface area contributed by atoms with E-state index in [1.807, 2.05) is 73.3 Å². The second-order valence-corrected chi connectivity index (χ2v) is 13.7. The summed E-state index contributed by atoms with van der Waals surface area (Å²) >= 11 is 0. The number of unbranched alkanes of at least 4 members (excludes halogenated alkanes) is 2. The number of piperidine rings is 1. The number of fused-ring (bicyclic) bond motifs is 2. The summed E-state index contributed by atoms with van der Waals surface area (Å²) in [5.74, 6) is -1.41. The molecule has 0 radical (unpaired) electrons. The molecule has 5 atom stereocenters. The van der Waals surface area contributed by atoms with Gasteiger partial charge in [0.2, 0.25) is 17.7 Å². The van der Waals surface area contributed by atoms with Gasteiger partial charge in [-0.25, -0.2) is 0 Å². The highest BCUT2D eigenvalue weighted by atomic mass is 16.6. The first-order valence-electron chi connectivity index (χ1n) is 18.1. The molecule has 2 aliphatic rings. The van der Waals surface area contributed by atoms with E-state index in [1.54, 1.807) is 18.0 Å². The lowest BCUT2D eigenvalue weighted by molar-refractivity contribution is -0.134. The Bertz CT molecular complexity index is 1650. The lowest BCUT2D eigenvalue weighted by atomic mass is 9.93. The quantitative estimate of drug-likeness (QED) is 0.194. The fourth-order valence-electron chi connectivity index (χ4n) is 7.15. The van der Waals surface area contributed by atoms with Crippen LogP contribution in [-0.2, 0) is 25.6 Å². The zero-order valence-corrected chi connectivity index (χ0v) is 29.5. The molecule has 11 heteroatoms. The molecule has 0 saturated carbocycles. The predicted octanol–water partition coefficient (Wildman–Crippen LogP) is 4.01. The molecule has 2 saturated heterocycles. The Labute approximate surface area is 294 Å². The maximum absolute atomic E-state index is 14.1. The standard InChI is InChI=1S/C39H51N5O6/c1-4-26(2)36-35(46)25-43-22-14-13-20-33(43)39(49)40-30(18-9-6-10-21-34(45)27-15-7-5-8-16-27)37(47)41-31(38(48)42-36)23-28-24-44(50-3)32-19-12-11-17-29(28)32/h5,7-8,11-12,15-17,19,24,26,30-31,33,36H,4,6,9-10,13-14,18,20-23,25H2,1-3H3,(H,40,49)(H,41,47)(H,42,48)/t26-,30-,31-,33+,36-/m0/s1. The van der Waals surface area contributed by atoms with Crippen LogP contribution in [0, 0.1) is 5.92 Å². The molecule has 1 aromatic heterocycles. The van der Waals surface area contributed by atoms with E-state index >= 15 is 0 Å². The summed E-state index contributed by atoms with van der Waals surface area (Å²) < 4.78 is 1.62. The summed E-state index contributed by atoms with van der Waals surface area (Å²) in [6.07, 6.45) is 7.59. The first-order chi connectivity index (χ1) is 24.2. The summed E-state index contributed by atoms with van der Waals surface area (Å²) in [6, 6.07) is 13.6. The number of nitrogens with one attached hydrogen (secondary N) is 3. The van der Waals surface area contributed by atoms with Crippen LogP contribution in [0.2, 0.25) is 0 Å². The molecule has 3 aromatic rings. The van der Waals surface area contributed by atoms with Gasteiger partial charge in [-0.1, -0.05) is 88.1 Å². The third-order valence-electron chi connectivity index (χ3n) is 10.3. The van der Waals surface area contributed by atoms with Gasteiger partial charge in [-0.05, 0) is 49.8 Å². The molecule has 2 aromatic carbocycles. The number of carbonyl (C=O) groups is 5. The number of aromatic nitrogens is 1. The largest absolute Gasteiger partial charge is 0.417 e. The van der Waals surface area contributed by atoms with E-state index in [1.165, 1.54) is 0 Å². The zero-order valence-electron chi connectivity index (χ0n) is 29.5. The number of para-hydroxylation sites is 1. The Kier molecular flexibility index (Phi) is 12.8. The van der Waals surface area contributed by atoms with Gasteiger partial charge in [0.1, 0.15) is 19.2 Å². The van der Waals surface area contributed by atoms with Crippen LogP contribution in [0.15, 0.2) is 60.8 Å². The third-order valence-corrected chi connectivity index (χ3v) is 10.3. The van der Waals surface area contributed by atoms with E-state index in [9.17, 15) is 24.0 Å². The molecule has 3 amide bonds. The number of rotatable bonds is 12. The number of ketones is 2. The normalized spacial score (nSPS) is 23.0. The van der Waals surface area contributed by atoms with Crippen molar-refractivity contribution in [3.05, 3.63) is 71.9 Å². The SMILES string of the molecule is CC[C@H](C)[C@@H]1NC(=O)[C@H](Cc2cn(OC)c3ccccc23)NC(=O)[C@H](CCCCCC(=O)c2ccccc2)NC(=O)[C@H]2CCCCN2CC1=O. The van der Waals surface area contributed by atoms with Crippen molar-refractivity contribution in [1.82, 2.24) is 25.6 Å². The van der Waals surface area contributed by atoms with Crippen molar-refractivity contribution in [2.24, 2.45) is 5.92 Å². The van der Waals surface area contributed by atoms with E-state index in [0.29, 0.717) is 57.1 Å². The monoisotopic (exact) mass is 685 g/mol. The van der Waals surface area contributed by atoms with Crippen LogP contribution in [0.5, 0.6) is 0 Å². The molecule has 2 fully saturated rings. The summed E-state index contributed by atoms with van der Waals surface area (Å²) in [4.78, 5) is 76.0. The Morgan fingerprint density at radius 3 is 2.36 bits per heavy atom. The molecule has 0 spiro atoms. The summed E-state index contributed by atoms with van der Waals surface area (Å²) in [6.45, 7) is 4.54. The number of hydrogen-bond donors (Lipinski definition) is 3. The van der Waals surface area contributed by atoms with Crippen molar-refractivity contribution in [1.29, 1.82) is 0 Å². The van der Waals surface area contributed by atoms with E-state index in [4.69, 9.17) is 4.84 Å². The van der Waals surface area contributed by atoms with Gasteiger partial charge in [0.15, 0.2) is 11.6 Å². The fraction of sp³-hybridized carbons (Fsp3) is 0.513. The van der Waals surface area contributed by atoms with Gasteiger partial charge < -0.3 is 20.8 Å². The molecular weight excluding hydrogens is 634 g/mol. The van der Waals surface area contributed by atoms with Crippen LogP contribution in [0.4, 0.5) is 0 Å². The lowest BCUT2D eigenvalue weighted by Crippen LogP contribution is -2.57.